The van der Waals surface area contributed by atoms with Crippen molar-refractivity contribution in [2.45, 2.75) is 19.8 Å². The molecule has 1 aromatic heterocycles. The van der Waals surface area contributed by atoms with Crippen LogP contribution in [-0.2, 0) is 4.74 Å². The van der Waals surface area contributed by atoms with Crippen LogP contribution in [0.3, 0.4) is 0 Å². The summed E-state index contributed by atoms with van der Waals surface area (Å²) in [5.41, 5.74) is 0.380. The van der Waals surface area contributed by atoms with E-state index in [1.54, 1.807) is 14.0 Å². The van der Waals surface area contributed by atoms with E-state index < -0.39 is 0 Å². The number of halogens is 1. The van der Waals surface area contributed by atoms with Crippen LogP contribution in [0.1, 0.15) is 29.0 Å². The molecule has 0 aromatic carbocycles. The number of aromatic nitrogens is 2. The highest BCUT2D eigenvalue weighted by atomic mass is 35.5. The molecule has 0 bridgehead atoms. The van der Waals surface area contributed by atoms with Gasteiger partial charge in [0.05, 0.1) is 12.2 Å². The van der Waals surface area contributed by atoms with E-state index in [1.165, 1.54) is 0 Å². The van der Waals surface area contributed by atoms with E-state index in [1.807, 2.05) is 0 Å². The summed E-state index contributed by atoms with van der Waals surface area (Å²) in [6.45, 7) is 4.22. The van der Waals surface area contributed by atoms with Gasteiger partial charge in [-0.25, -0.2) is 9.97 Å². The van der Waals surface area contributed by atoms with Gasteiger partial charge in [0.2, 0.25) is 0 Å². The molecule has 5 nitrogen and oxygen atoms in total. The first-order chi connectivity index (χ1) is 9.15. The second-order valence-electron chi connectivity index (χ2n) is 4.83. The molecular formula is C13H18ClN3O2. The number of carbonyl (C=O) groups is 1. The van der Waals surface area contributed by atoms with Gasteiger partial charge in [-0.05, 0) is 25.7 Å². The third-order valence-corrected chi connectivity index (χ3v) is 3.62. The Kier molecular flexibility index (Phi) is 4.71. The highest BCUT2D eigenvalue weighted by molar-refractivity contribution is 6.32. The number of nitrogens with zero attached hydrogens (tertiary/aromatic N) is 3. The smallest absolute Gasteiger partial charge is 0.156 e. The largest absolute Gasteiger partial charge is 0.384 e. The first kappa shape index (κ1) is 14.2. The molecule has 0 spiro atoms. The van der Waals surface area contributed by atoms with E-state index in [-0.39, 0.29) is 5.15 Å². The maximum atomic E-state index is 11.2. The molecule has 1 atom stereocenters. The number of rotatable bonds is 4. The number of ether oxygens (including phenoxy) is 1. The Morgan fingerprint density at radius 3 is 3.00 bits per heavy atom. The normalized spacial score (nSPS) is 19.5. The summed E-state index contributed by atoms with van der Waals surface area (Å²) in [6.07, 6.45) is 2.93. The predicted molar refractivity (Wildman–Crippen MR) is 74.0 cm³/mol. The molecule has 6 heteroatoms. The monoisotopic (exact) mass is 283 g/mol. The summed E-state index contributed by atoms with van der Waals surface area (Å²) < 4.78 is 5.21. The molecule has 104 valence electrons. The van der Waals surface area contributed by atoms with Crippen LogP contribution in [0.4, 0.5) is 5.82 Å². The maximum Gasteiger partial charge on any atom is 0.156 e. The van der Waals surface area contributed by atoms with Crippen molar-refractivity contribution in [2.24, 2.45) is 5.92 Å². The SMILES string of the molecule is COCC1CCCN(c2nc(C)nc(Cl)c2C=O)C1. The number of aldehydes is 1. The molecule has 1 saturated heterocycles. The fourth-order valence-electron chi connectivity index (χ4n) is 2.50. The zero-order chi connectivity index (χ0) is 13.8. The van der Waals surface area contributed by atoms with Crippen molar-refractivity contribution < 1.29 is 9.53 Å². The highest BCUT2D eigenvalue weighted by Gasteiger charge is 2.24. The molecule has 19 heavy (non-hydrogen) atoms. The number of anilines is 1. The molecule has 0 amide bonds. The highest BCUT2D eigenvalue weighted by Crippen LogP contribution is 2.27. The third kappa shape index (κ3) is 3.22. The van der Waals surface area contributed by atoms with Crippen molar-refractivity contribution in [1.82, 2.24) is 9.97 Å². The van der Waals surface area contributed by atoms with Crippen molar-refractivity contribution >= 4 is 23.7 Å². The Bertz CT molecular complexity index is 465. The van der Waals surface area contributed by atoms with Crippen molar-refractivity contribution in [3.8, 4) is 0 Å². The van der Waals surface area contributed by atoms with E-state index in [4.69, 9.17) is 16.3 Å². The lowest BCUT2D eigenvalue weighted by molar-refractivity contribution is 0.112. The Hall–Kier alpha value is -1.20. The zero-order valence-electron chi connectivity index (χ0n) is 11.2. The first-order valence-corrected chi connectivity index (χ1v) is 6.76. The Labute approximate surface area is 117 Å². The van der Waals surface area contributed by atoms with Crippen molar-refractivity contribution in [1.29, 1.82) is 0 Å². The van der Waals surface area contributed by atoms with Crippen molar-refractivity contribution in [3.63, 3.8) is 0 Å². The van der Waals surface area contributed by atoms with E-state index >= 15 is 0 Å². The molecule has 1 aliphatic heterocycles. The standard InChI is InChI=1S/C13H18ClN3O2/c1-9-15-12(14)11(7-18)13(16-9)17-5-3-4-10(6-17)8-19-2/h7,10H,3-6,8H2,1-2H3. The number of carbonyl (C=O) groups excluding carboxylic acids is 1. The minimum atomic E-state index is 0.228. The quantitative estimate of drug-likeness (QED) is 0.626. The van der Waals surface area contributed by atoms with Gasteiger partial charge >= 0.3 is 0 Å². The van der Waals surface area contributed by atoms with Gasteiger partial charge in [-0.1, -0.05) is 11.6 Å². The lowest BCUT2D eigenvalue weighted by Crippen LogP contribution is -2.38. The molecule has 0 saturated carbocycles. The van der Waals surface area contributed by atoms with Gasteiger partial charge in [0.15, 0.2) is 6.29 Å². The summed E-state index contributed by atoms with van der Waals surface area (Å²) in [5.74, 6) is 1.69. The van der Waals surface area contributed by atoms with Gasteiger partial charge < -0.3 is 9.64 Å². The topological polar surface area (TPSA) is 55.3 Å². The van der Waals surface area contributed by atoms with Crippen LogP contribution in [0.25, 0.3) is 0 Å². The average molecular weight is 284 g/mol. The minimum Gasteiger partial charge on any atom is -0.384 e. The number of piperidine rings is 1. The van der Waals surface area contributed by atoms with Gasteiger partial charge in [-0.15, -0.1) is 0 Å². The molecule has 1 fully saturated rings. The molecule has 1 unspecified atom stereocenters. The summed E-state index contributed by atoms with van der Waals surface area (Å²) >= 11 is 6.02. The van der Waals surface area contributed by atoms with Gasteiger partial charge in [0.1, 0.15) is 16.8 Å². The summed E-state index contributed by atoms with van der Waals surface area (Å²) in [7, 11) is 1.71. The lowest BCUT2D eigenvalue weighted by atomic mass is 9.99. The average Bonchev–Trinajstić information content (AvgIpc) is 2.38. The van der Waals surface area contributed by atoms with Gasteiger partial charge in [-0.2, -0.15) is 0 Å². The Morgan fingerprint density at radius 1 is 1.53 bits per heavy atom. The molecule has 1 aliphatic rings. The van der Waals surface area contributed by atoms with Crippen LogP contribution in [0.5, 0.6) is 0 Å². The summed E-state index contributed by atoms with van der Waals surface area (Å²) in [6, 6.07) is 0. The summed E-state index contributed by atoms with van der Waals surface area (Å²) in [5, 5.41) is 0.228. The minimum absolute atomic E-state index is 0.228. The molecular weight excluding hydrogens is 266 g/mol. The number of hydrogen-bond donors (Lipinski definition) is 0. The van der Waals surface area contributed by atoms with E-state index in [2.05, 4.69) is 14.9 Å². The van der Waals surface area contributed by atoms with Crippen LogP contribution >= 0.6 is 11.6 Å². The van der Waals surface area contributed by atoms with Crippen LogP contribution in [0.2, 0.25) is 5.15 Å². The van der Waals surface area contributed by atoms with Crippen LogP contribution in [0.15, 0.2) is 0 Å². The van der Waals surface area contributed by atoms with Crippen LogP contribution in [-0.4, -0.2) is 43.1 Å². The second-order valence-corrected chi connectivity index (χ2v) is 5.18. The maximum absolute atomic E-state index is 11.2. The molecule has 0 radical (unpaired) electrons. The van der Waals surface area contributed by atoms with Gasteiger partial charge in [0, 0.05) is 20.2 Å². The number of hydrogen-bond acceptors (Lipinski definition) is 5. The zero-order valence-corrected chi connectivity index (χ0v) is 12.0. The number of aryl methyl sites for hydroxylation is 1. The Balaban J connectivity index is 2.27. The fourth-order valence-corrected chi connectivity index (χ4v) is 2.76. The van der Waals surface area contributed by atoms with Crippen LogP contribution < -0.4 is 4.90 Å². The van der Waals surface area contributed by atoms with Gasteiger partial charge in [0.25, 0.3) is 0 Å². The predicted octanol–water partition coefficient (Wildman–Crippen LogP) is 2.11. The van der Waals surface area contributed by atoms with E-state index in [9.17, 15) is 4.79 Å². The van der Waals surface area contributed by atoms with Crippen LogP contribution in [0, 0.1) is 12.8 Å². The molecule has 1 aromatic rings. The number of methoxy groups -OCH3 is 1. The first-order valence-electron chi connectivity index (χ1n) is 6.39. The van der Waals surface area contributed by atoms with Crippen molar-refractivity contribution in [2.75, 3.05) is 31.7 Å². The lowest BCUT2D eigenvalue weighted by Gasteiger charge is -2.34. The molecule has 2 rings (SSSR count). The molecule has 2 heterocycles. The summed E-state index contributed by atoms with van der Waals surface area (Å²) in [4.78, 5) is 21.7. The van der Waals surface area contributed by atoms with E-state index in [0.29, 0.717) is 23.1 Å². The second kappa shape index (κ2) is 6.30. The van der Waals surface area contributed by atoms with Crippen molar-refractivity contribution in [3.05, 3.63) is 16.5 Å². The molecule has 0 N–H and O–H groups in total. The van der Waals surface area contributed by atoms with E-state index in [0.717, 1.165) is 38.8 Å². The Morgan fingerprint density at radius 2 is 2.32 bits per heavy atom. The van der Waals surface area contributed by atoms with Gasteiger partial charge in [-0.3, -0.25) is 4.79 Å². The fraction of sp³-hybridized carbons (Fsp3) is 0.615. The third-order valence-electron chi connectivity index (χ3n) is 3.33. The molecule has 0 aliphatic carbocycles.